The highest BCUT2D eigenvalue weighted by Gasteiger charge is 2.03. The Bertz CT molecular complexity index is 338. The van der Waals surface area contributed by atoms with Crippen molar-refractivity contribution in [1.29, 1.82) is 0 Å². The van der Waals surface area contributed by atoms with Crippen LogP contribution < -0.4 is 5.73 Å². The Balaban J connectivity index is 2.40. The van der Waals surface area contributed by atoms with E-state index in [1.54, 1.807) is 18.0 Å². The summed E-state index contributed by atoms with van der Waals surface area (Å²) in [6, 6.07) is 3.83. The standard InChI is InChI=1S/C11H16N2O2S/c1-8(12)10-4-3-9(7-13-10)16-6-5-11(14)15-2/h3-4,7-8H,5-6,12H2,1-2H3/t8-/m0/s1. The average Bonchev–Trinajstić information content (AvgIpc) is 2.29. The van der Waals surface area contributed by atoms with Gasteiger partial charge in [-0.3, -0.25) is 9.78 Å². The SMILES string of the molecule is COC(=O)CCSc1ccc([C@H](C)N)nc1. The molecule has 2 N–H and O–H groups in total. The molecule has 0 spiro atoms. The van der Waals surface area contributed by atoms with Gasteiger partial charge in [-0.15, -0.1) is 11.8 Å². The predicted molar refractivity (Wildman–Crippen MR) is 64.2 cm³/mol. The second kappa shape index (κ2) is 6.50. The molecule has 0 aliphatic carbocycles. The van der Waals surface area contributed by atoms with Gasteiger partial charge in [0, 0.05) is 22.9 Å². The largest absolute Gasteiger partial charge is 0.469 e. The molecule has 88 valence electrons. The molecule has 0 saturated carbocycles. The van der Waals surface area contributed by atoms with Crippen molar-refractivity contribution in [1.82, 2.24) is 4.98 Å². The highest BCUT2D eigenvalue weighted by atomic mass is 32.2. The number of nitrogens with zero attached hydrogens (tertiary/aromatic N) is 1. The molecule has 0 saturated heterocycles. The molecular formula is C11H16N2O2S. The molecule has 0 amide bonds. The van der Waals surface area contributed by atoms with Gasteiger partial charge in [0.2, 0.25) is 0 Å². The molecule has 0 fully saturated rings. The van der Waals surface area contributed by atoms with Gasteiger partial charge in [0.25, 0.3) is 0 Å². The Kier molecular flexibility index (Phi) is 5.28. The molecule has 16 heavy (non-hydrogen) atoms. The zero-order valence-electron chi connectivity index (χ0n) is 9.47. The Hall–Kier alpha value is -1.07. The number of methoxy groups -OCH3 is 1. The minimum atomic E-state index is -0.187. The summed E-state index contributed by atoms with van der Waals surface area (Å²) in [5.74, 6) is 0.513. The van der Waals surface area contributed by atoms with E-state index in [0.29, 0.717) is 12.2 Å². The number of carbonyl (C=O) groups excluding carboxylic acids is 1. The second-order valence-corrected chi connectivity index (χ2v) is 4.55. The number of aromatic nitrogens is 1. The Morgan fingerprint density at radius 1 is 1.62 bits per heavy atom. The number of rotatable bonds is 5. The Morgan fingerprint density at radius 3 is 2.88 bits per heavy atom. The predicted octanol–water partition coefficient (Wildman–Crippen LogP) is 1.76. The summed E-state index contributed by atoms with van der Waals surface area (Å²) < 4.78 is 4.55. The number of carbonyl (C=O) groups is 1. The van der Waals surface area contributed by atoms with Crippen molar-refractivity contribution in [3.8, 4) is 0 Å². The molecule has 1 aromatic heterocycles. The molecular weight excluding hydrogens is 224 g/mol. The third-order valence-corrected chi connectivity index (χ3v) is 3.01. The van der Waals surface area contributed by atoms with Crippen molar-refractivity contribution in [2.24, 2.45) is 5.73 Å². The van der Waals surface area contributed by atoms with Crippen LogP contribution in [0.3, 0.4) is 0 Å². The lowest BCUT2D eigenvalue weighted by atomic mass is 10.2. The Labute approximate surface area is 99.6 Å². The van der Waals surface area contributed by atoms with Gasteiger partial charge in [-0.05, 0) is 19.1 Å². The smallest absolute Gasteiger partial charge is 0.306 e. The maximum atomic E-state index is 10.9. The summed E-state index contributed by atoms with van der Waals surface area (Å²) in [6.45, 7) is 1.90. The van der Waals surface area contributed by atoms with E-state index in [-0.39, 0.29) is 12.0 Å². The normalized spacial score (nSPS) is 12.2. The molecule has 1 rings (SSSR count). The lowest BCUT2D eigenvalue weighted by Crippen LogP contribution is -2.06. The fourth-order valence-electron chi connectivity index (χ4n) is 1.10. The zero-order chi connectivity index (χ0) is 12.0. The van der Waals surface area contributed by atoms with Gasteiger partial charge in [-0.2, -0.15) is 0 Å². The topological polar surface area (TPSA) is 65.2 Å². The summed E-state index contributed by atoms with van der Waals surface area (Å²) in [5.41, 5.74) is 6.56. The van der Waals surface area contributed by atoms with Crippen molar-refractivity contribution in [3.63, 3.8) is 0 Å². The highest BCUT2D eigenvalue weighted by molar-refractivity contribution is 7.99. The van der Waals surface area contributed by atoms with Crippen molar-refractivity contribution >= 4 is 17.7 Å². The Morgan fingerprint density at radius 2 is 2.38 bits per heavy atom. The van der Waals surface area contributed by atoms with E-state index in [4.69, 9.17) is 5.73 Å². The van der Waals surface area contributed by atoms with Crippen LogP contribution in [0.25, 0.3) is 0 Å². The van der Waals surface area contributed by atoms with E-state index in [1.165, 1.54) is 7.11 Å². The average molecular weight is 240 g/mol. The van der Waals surface area contributed by atoms with Gasteiger partial charge in [0.05, 0.1) is 19.2 Å². The number of nitrogens with two attached hydrogens (primary N) is 1. The second-order valence-electron chi connectivity index (χ2n) is 3.38. The molecule has 4 nitrogen and oxygen atoms in total. The van der Waals surface area contributed by atoms with Gasteiger partial charge in [0.15, 0.2) is 0 Å². The molecule has 0 aliphatic heterocycles. The maximum absolute atomic E-state index is 10.9. The zero-order valence-corrected chi connectivity index (χ0v) is 10.3. The quantitative estimate of drug-likeness (QED) is 0.627. The van der Waals surface area contributed by atoms with Crippen LogP contribution in [0.4, 0.5) is 0 Å². The maximum Gasteiger partial charge on any atom is 0.306 e. The van der Waals surface area contributed by atoms with Gasteiger partial charge < -0.3 is 10.5 Å². The van der Waals surface area contributed by atoms with E-state index < -0.39 is 0 Å². The van der Waals surface area contributed by atoms with Crippen LogP contribution in [0.5, 0.6) is 0 Å². The van der Waals surface area contributed by atoms with Gasteiger partial charge in [0.1, 0.15) is 0 Å². The first-order valence-corrected chi connectivity index (χ1v) is 6.03. The third kappa shape index (κ3) is 4.20. The molecule has 1 heterocycles. The lowest BCUT2D eigenvalue weighted by Gasteiger charge is -2.05. The van der Waals surface area contributed by atoms with E-state index >= 15 is 0 Å². The molecule has 1 atom stereocenters. The number of hydrogen-bond acceptors (Lipinski definition) is 5. The van der Waals surface area contributed by atoms with Crippen LogP contribution in [0.2, 0.25) is 0 Å². The fourth-order valence-corrected chi connectivity index (χ4v) is 1.90. The molecule has 0 radical (unpaired) electrons. The minimum absolute atomic E-state index is 0.0471. The highest BCUT2D eigenvalue weighted by Crippen LogP contribution is 2.19. The van der Waals surface area contributed by atoms with E-state index in [1.807, 2.05) is 19.1 Å². The molecule has 1 aromatic rings. The van der Waals surface area contributed by atoms with Crippen molar-refractivity contribution < 1.29 is 9.53 Å². The van der Waals surface area contributed by atoms with E-state index in [0.717, 1.165) is 10.6 Å². The lowest BCUT2D eigenvalue weighted by molar-refractivity contribution is -0.140. The number of esters is 1. The summed E-state index contributed by atoms with van der Waals surface area (Å²) in [6.07, 6.45) is 2.19. The van der Waals surface area contributed by atoms with Crippen LogP contribution in [0.1, 0.15) is 25.1 Å². The van der Waals surface area contributed by atoms with Crippen molar-refractivity contribution in [2.45, 2.75) is 24.3 Å². The van der Waals surface area contributed by atoms with Crippen LogP contribution in [0, 0.1) is 0 Å². The number of thioether (sulfide) groups is 1. The van der Waals surface area contributed by atoms with Gasteiger partial charge >= 0.3 is 5.97 Å². The number of ether oxygens (including phenoxy) is 1. The molecule has 0 aromatic carbocycles. The summed E-state index contributed by atoms with van der Waals surface area (Å²) in [5, 5.41) is 0. The first kappa shape index (κ1) is 13.0. The third-order valence-electron chi connectivity index (χ3n) is 2.03. The van der Waals surface area contributed by atoms with Crippen molar-refractivity contribution in [2.75, 3.05) is 12.9 Å². The summed E-state index contributed by atoms with van der Waals surface area (Å²) in [7, 11) is 1.39. The fraction of sp³-hybridized carbons (Fsp3) is 0.455. The van der Waals surface area contributed by atoms with Gasteiger partial charge in [-0.1, -0.05) is 0 Å². The number of pyridine rings is 1. The minimum Gasteiger partial charge on any atom is -0.469 e. The van der Waals surface area contributed by atoms with Crippen LogP contribution in [-0.2, 0) is 9.53 Å². The van der Waals surface area contributed by atoms with Crippen LogP contribution in [-0.4, -0.2) is 23.8 Å². The first-order valence-electron chi connectivity index (χ1n) is 5.04. The first-order chi connectivity index (χ1) is 7.63. The summed E-state index contributed by atoms with van der Waals surface area (Å²) in [4.78, 5) is 16.1. The van der Waals surface area contributed by atoms with Crippen LogP contribution >= 0.6 is 11.8 Å². The summed E-state index contributed by atoms with van der Waals surface area (Å²) >= 11 is 1.58. The van der Waals surface area contributed by atoms with E-state index in [2.05, 4.69) is 9.72 Å². The molecule has 0 aliphatic rings. The monoisotopic (exact) mass is 240 g/mol. The van der Waals surface area contributed by atoms with Gasteiger partial charge in [-0.25, -0.2) is 0 Å². The van der Waals surface area contributed by atoms with Crippen molar-refractivity contribution in [3.05, 3.63) is 24.0 Å². The number of hydrogen-bond donors (Lipinski definition) is 1. The molecule has 5 heteroatoms. The van der Waals surface area contributed by atoms with E-state index in [9.17, 15) is 4.79 Å². The molecule has 0 bridgehead atoms. The molecule has 0 unspecified atom stereocenters. The van der Waals surface area contributed by atoms with Crippen LogP contribution in [0.15, 0.2) is 23.2 Å².